The van der Waals surface area contributed by atoms with E-state index in [0.29, 0.717) is 5.56 Å². The normalized spacial score (nSPS) is 15.8. The Hall–Kier alpha value is -4.14. The van der Waals surface area contributed by atoms with Gasteiger partial charge in [-0.3, -0.25) is 9.59 Å². The number of phenolic OH excluding ortho intramolecular Hbond substituents is 2. The van der Waals surface area contributed by atoms with E-state index in [1.807, 2.05) is 6.07 Å². The van der Waals surface area contributed by atoms with Gasteiger partial charge in [0.05, 0.1) is 34.0 Å². The summed E-state index contributed by atoms with van der Waals surface area (Å²) in [6.07, 6.45) is -0.108. The van der Waals surface area contributed by atoms with Gasteiger partial charge in [-0.1, -0.05) is 30.3 Å². The van der Waals surface area contributed by atoms with Crippen molar-refractivity contribution in [3.63, 3.8) is 0 Å². The third-order valence-corrected chi connectivity index (χ3v) is 5.66. The molecule has 1 aromatic heterocycles. The number of rotatable bonds is 5. The molecule has 0 spiro atoms. The average Bonchev–Trinajstić information content (AvgIpc) is 2.95. The van der Waals surface area contributed by atoms with Crippen molar-refractivity contribution in [1.29, 1.82) is 0 Å². The molecule has 4 rings (SSSR count). The van der Waals surface area contributed by atoms with E-state index in [1.165, 1.54) is 28.4 Å². The second-order valence-corrected chi connectivity index (χ2v) is 7.30. The molecule has 9 heteroatoms. The van der Waals surface area contributed by atoms with Crippen LogP contribution in [0.25, 0.3) is 16.7 Å². The highest BCUT2D eigenvalue weighted by molar-refractivity contribution is 6.02. The van der Waals surface area contributed by atoms with Gasteiger partial charge in [0.15, 0.2) is 17.1 Å². The molecule has 0 amide bonds. The van der Waals surface area contributed by atoms with E-state index in [0.717, 1.165) is 0 Å². The van der Waals surface area contributed by atoms with Crippen LogP contribution in [-0.4, -0.2) is 44.4 Å². The molecule has 0 fully saturated rings. The minimum Gasteiger partial charge on any atom is -0.504 e. The Labute approximate surface area is 188 Å². The smallest absolute Gasteiger partial charge is 0.211 e. The van der Waals surface area contributed by atoms with E-state index < -0.39 is 28.6 Å². The maximum atomic E-state index is 13.9. The highest BCUT2D eigenvalue weighted by Gasteiger charge is 2.38. The lowest BCUT2D eigenvalue weighted by molar-refractivity contribution is -0.118. The third kappa shape index (κ3) is 3.24. The molecule has 0 aliphatic heterocycles. The van der Waals surface area contributed by atoms with E-state index in [1.54, 1.807) is 24.3 Å². The van der Waals surface area contributed by atoms with Crippen molar-refractivity contribution in [2.24, 2.45) is 0 Å². The SMILES string of the molecule is COC1=C(OC)c2oc3c(O)c(OC)c(OC)c(O)c3c(=O)c2C(c2ccccc2)CC1=O. The van der Waals surface area contributed by atoms with Gasteiger partial charge in [0.25, 0.3) is 0 Å². The average molecular weight is 454 g/mol. The Bertz CT molecular complexity index is 1340. The lowest BCUT2D eigenvalue weighted by Crippen LogP contribution is -2.19. The maximum Gasteiger partial charge on any atom is 0.211 e. The molecule has 172 valence electrons. The Morgan fingerprint density at radius 3 is 2.03 bits per heavy atom. The second-order valence-electron chi connectivity index (χ2n) is 7.30. The predicted octanol–water partition coefficient (Wildman–Crippen LogP) is 3.29. The fraction of sp³-hybridized carbons (Fsp3) is 0.250. The summed E-state index contributed by atoms with van der Waals surface area (Å²) in [5.74, 6) is -3.00. The summed E-state index contributed by atoms with van der Waals surface area (Å²) in [5, 5.41) is 21.3. The highest BCUT2D eigenvalue weighted by Crippen LogP contribution is 2.50. The zero-order chi connectivity index (χ0) is 23.9. The number of allylic oxidation sites excluding steroid dienone is 1. The monoisotopic (exact) mass is 454 g/mol. The van der Waals surface area contributed by atoms with Crippen molar-refractivity contribution in [1.82, 2.24) is 0 Å². The van der Waals surface area contributed by atoms with Crippen LogP contribution in [0.5, 0.6) is 23.0 Å². The van der Waals surface area contributed by atoms with Gasteiger partial charge < -0.3 is 33.6 Å². The summed E-state index contributed by atoms with van der Waals surface area (Å²) < 4.78 is 27.0. The van der Waals surface area contributed by atoms with Crippen molar-refractivity contribution in [3.05, 3.63) is 63.2 Å². The molecule has 0 bridgehead atoms. The van der Waals surface area contributed by atoms with Gasteiger partial charge in [-0.25, -0.2) is 0 Å². The number of hydrogen-bond acceptors (Lipinski definition) is 9. The first-order valence-corrected chi connectivity index (χ1v) is 9.96. The zero-order valence-corrected chi connectivity index (χ0v) is 18.4. The van der Waals surface area contributed by atoms with Gasteiger partial charge in [0, 0.05) is 12.3 Å². The van der Waals surface area contributed by atoms with Gasteiger partial charge in [-0.15, -0.1) is 0 Å². The lowest BCUT2D eigenvalue weighted by Gasteiger charge is -2.19. The third-order valence-electron chi connectivity index (χ3n) is 5.66. The Kier molecular flexibility index (Phi) is 5.63. The topological polar surface area (TPSA) is 125 Å². The van der Waals surface area contributed by atoms with E-state index in [2.05, 4.69) is 0 Å². The molecule has 3 aromatic rings. The fourth-order valence-electron chi connectivity index (χ4n) is 4.20. The number of carbonyl (C=O) groups is 1. The van der Waals surface area contributed by atoms with Crippen molar-refractivity contribution in [2.75, 3.05) is 28.4 Å². The van der Waals surface area contributed by atoms with Crippen LogP contribution in [0.3, 0.4) is 0 Å². The van der Waals surface area contributed by atoms with E-state index in [9.17, 15) is 19.8 Å². The summed E-state index contributed by atoms with van der Waals surface area (Å²) in [6, 6.07) is 8.94. The molecule has 33 heavy (non-hydrogen) atoms. The number of aromatic hydroxyl groups is 2. The maximum absolute atomic E-state index is 13.9. The summed E-state index contributed by atoms with van der Waals surface area (Å²) in [6.45, 7) is 0. The van der Waals surface area contributed by atoms with Gasteiger partial charge in [-0.05, 0) is 5.56 Å². The molecular weight excluding hydrogens is 432 g/mol. The van der Waals surface area contributed by atoms with Crippen molar-refractivity contribution in [2.45, 2.75) is 12.3 Å². The largest absolute Gasteiger partial charge is 0.504 e. The number of phenols is 2. The Morgan fingerprint density at radius 1 is 0.848 bits per heavy atom. The van der Waals surface area contributed by atoms with Crippen LogP contribution in [0.2, 0.25) is 0 Å². The molecule has 0 saturated carbocycles. The molecule has 0 radical (unpaired) electrons. The standard InChI is InChI=1S/C24H22O9/c1-29-19-13(25)10-12(11-8-6-5-7-9-11)14-16(26)15-17(27)22(30-2)23(31-3)18(28)20(15)33-21(14)24(19)32-4/h5-9,12,27-28H,10H2,1-4H3. The molecule has 1 aliphatic rings. The number of Topliss-reactive ketones (excluding diaryl/α,β-unsaturated/α-hetero) is 1. The molecule has 1 atom stereocenters. The first kappa shape index (κ1) is 22.1. The van der Waals surface area contributed by atoms with Crippen LogP contribution in [0.15, 0.2) is 45.3 Å². The molecule has 2 aromatic carbocycles. The summed E-state index contributed by atoms with van der Waals surface area (Å²) >= 11 is 0. The van der Waals surface area contributed by atoms with Gasteiger partial charge in [0.2, 0.25) is 40.0 Å². The summed E-state index contributed by atoms with van der Waals surface area (Å²) in [4.78, 5) is 26.9. The summed E-state index contributed by atoms with van der Waals surface area (Å²) in [7, 11) is 5.14. The minimum atomic E-state index is -0.734. The predicted molar refractivity (Wildman–Crippen MR) is 118 cm³/mol. The zero-order valence-electron chi connectivity index (χ0n) is 18.4. The van der Waals surface area contributed by atoms with Crippen LogP contribution in [0, 0.1) is 0 Å². The van der Waals surface area contributed by atoms with Crippen molar-refractivity contribution < 1.29 is 38.4 Å². The number of hydrogen-bond donors (Lipinski definition) is 2. The van der Waals surface area contributed by atoms with Gasteiger partial charge in [0.1, 0.15) is 5.39 Å². The number of ketones is 1. The van der Waals surface area contributed by atoms with Crippen LogP contribution in [-0.2, 0) is 14.3 Å². The molecule has 1 aliphatic carbocycles. The van der Waals surface area contributed by atoms with Gasteiger partial charge in [-0.2, -0.15) is 0 Å². The van der Waals surface area contributed by atoms with Gasteiger partial charge >= 0.3 is 0 Å². The van der Waals surface area contributed by atoms with E-state index in [-0.39, 0.29) is 51.7 Å². The highest BCUT2D eigenvalue weighted by atomic mass is 16.5. The van der Waals surface area contributed by atoms with Crippen LogP contribution < -0.4 is 14.9 Å². The molecule has 1 unspecified atom stereocenters. The Balaban J connectivity index is 2.22. The quantitative estimate of drug-likeness (QED) is 0.559. The first-order valence-electron chi connectivity index (χ1n) is 9.96. The van der Waals surface area contributed by atoms with Crippen LogP contribution >= 0.6 is 0 Å². The van der Waals surface area contributed by atoms with Crippen LogP contribution in [0.4, 0.5) is 0 Å². The number of ether oxygens (including phenoxy) is 4. The number of methoxy groups -OCH3 is 4. The van der Waals surface area contributed by atoms with Crippen LogP contribution in [0.1, 0.15) is 29.2 Å². The van der Waals surface area contributed by atoms with E-state index in [4.69, 9.17) is 23.4 Å². The molecule has 2 N–H and O–H groups in total. The number of fused-ring (bicyclic) bond motifs is 2. The summed E-state index contributed by atoms with van der Waals surface area (Å²) in [5.41, 5.74) is -0.253. The first-order chi connectivity index (χ1) is 15.9. The van der Waals surface area contributed by atoms with Crippen molar-refractivity contribution >= 4 is 22.5 Å². The van der Waals surface area contributed by atoms with Crippen molar-refractivity contribution in [3.8, 4) is 23.0 Å². The minimum absolute atomic E-state index is 0.0767. The second kappa shape index (κ2) is 8.42. The molecular formula is C24H22O9. The molecule has 0 saturated heterocycles. The fourth-order valence-corrected chi connectivity index (χ4v) is 4.20. The molecule has 9 nitrogen and oxygen atoms in total. The molecule has 1 heterocycles. The van der Waals surface area contributed by atoms with E-state index >= 15 is 0 Å². The Morgan fingerprint density at radius 2 is 1.45 bits per heavy atom. The number of carbonyl (C=O) groups excluding carboxylic acids is 1. The lowest BCUT2D eigenvalue weighted by atomic mass is 9.86. The number of benzene rings is 2.